The molecule has 1 saturated heterocycles. The van der Waals surface area contributed by atoms with Gasteiger partial charge >= 0.3 is 0 Å². The molecule has 2 atom stereocenters. The topological polar surface area (TPSA) is 59.0 Å². The molecule has 0 aliphatic carbocycles. The Labute approximate surface area is 123 Å². The molecule has 1 aliphatic rings. The number of ether oxygens (including phenoxy) is 2. The SMILES string of the molecule is CC(Oc1ccc([C@@H](C)O)cc1F)C(=O)N1CCOCC1. The van der Waals surface area contributed by atoms with Crippen LogP contribution in [0.15, 0.2) is 18.2 Å². The molecular formula is C15H20FNO4. The number of aliphatic hydroxyl groups excluding tert-OH is 1. The fourth-order valence-corrected chi connectivity index (χ4v) is 2.15. The highest BCUT2D eigenvalue weighted by Crippen LogP contribution is 2.23. The van der Waals surface area contributed by atoms with Crippen molar-refractivity contribution < 1.29 is 23.8 Å². The van der Waals surface area contributed by atoms with Gasteiger partial charge in [0.1, 0.15) is 0 Å². The quantitative estimate of drug-likeness (QED) is 0.915. The third kappa shape index (κ3) is 3.92. The fraction of sp³-hybridized carbons (Fsp3) is 0.533. The number of benzene rings is 1. The molecule has 0 aromatic heterocycles. The van der Waals surface area contributed by atoms with Gasteiger partial charge in [-0.05, 0) is 31.5 Å². The highest BCUT2D eigenvalue weighted by molar-refractivity contribution is 5.81. The van der Waals surface area contributed by atoms with Crippen molar-refractivity contribution in [1.29, 1.82) is 0 Å². The summed E-state index contributed by atoms with van der Waals surface area (Å²) in [7, 11) is 0. The normalized spacial score (nSPS) is 18.2. The van der Waals surface area contributed by atoms with Gasteiger partial charge in [-0.25, -0.2) is 4.39 Å². The van der Waals surface area contributed by atoms with Crippen LogP contribution in [0.25, 0.3) is 0 Å². The van der Waals surface area contributed by atoms with Crippen LogP contribution in [0.2, 0.25) is 0 Å². The predicted octanol–water partition coefficient (Wildman–Crippen LogP) is 1.51. The van der Waals surface area contributed by atoms with Crippen molar-refractivity contribution in [1.82, 2.24) is 4.90 Å². The average Bonchev–Trinajstić information content (AvgIpc) is 2.49. The Balaban J connectivity index is 2.01. The van der Waals surface area contributed by atoms with Crippen LogP contribution in [0.1, 0.15) is 25.5 Å². The van der Waals surface area contributed by atoms with E-state index in [1.54, 1.807) is 24.8 Å². The Morgan fingerprint density at radius 1 is 1.38 bits per heavy atom. The number of aliphatic hydroxyl groups is 1. The second kappa shape index (κ2) is 6.87. The van der Waals surface area contributed by atoms with E-state index in [0.29, 0.717) is 31.9 Å². The lowest BCUT2D eigenvalue weighted by Crippen LogP contribution is -2.46. The summed E-state index contributed by atoms with van der Waals surface area (Å²) in [5.41, 5.74) is 0.465. The second-order valence-electron chi connectivity index (χ2n) is 5.06. The lowest BCUT2D eigenvalue weighted by Gasteiger charge is -2.29. The first-order valence-corrected chi connectivity index (χ1v) is 6.99. The van der Waals surface area contributed by atoms with Crippen molar-refractivity contribution in [2.24, 2.45) is 0 Å². The largest absolute Gasteiger partial charge is 0.478 e. The summed E-state index contributed by atoms with van der Waals surface area (Å²) >= 11 is 0. The first-order valence-electron chi connectivity index (χ1n) is 6.99. The van der Waals surface area contributed by atoms with E-state index in [1.165, 1.54) is 12.1 Å². The van der Waals surface area contributed by atoms with Crippen molar-refractivity contribution in [3.63, 3.8) is 0 Å². The van der Waals surface area contributed by atoms with Gasteiger partial charge in [-0.2, -0.15) is 0 Å². The van der Waals surface area contributed by atoms with Gasteiger partial charge in [0.05, 0.1) is 19.3 Å². The number of morpholine rings is 1. The summed E-state index contributed by atoms with van der Waals surface area (Å²) in [5, 5.41) is 9.40. The van der Waals surface area contributed by atoms with Crippen LogP contribution in [-0.4, -0.2) is 48.3 Å². The van der Waals surface area contributed by atoms with Crippen LogP contribution in [0.5, 0.6) is 5.75 Å². The van der Waals surface area contributed by atoms with Crippen molar-refractivity contribution >= 4 is 5.91 Å². The second-order valence-corrected chi connectivity index (χ2v) is 5.06. The molecule has 5 nitrogen and oxygen atoms in total. The van der Waals surface area contributed by atoms with Crippen molar-refractivity contribution in [3.8, 4) is 5.75 Å². The van der Waals surface area contributed by atoms with Gasteiger partial charge in [-0.15, -0.1) is 0 Å². The zero-order valence-corrected chi connectivity index (χ0v) is 12.2. The van der Waals surface area contributed by atoms with E-state index in [2.05, 4.69) is 0 Å². The molecule has 0 spiro atoms. The number of nitrogens with zero attached hydrogens (tertiary/aromatic N) is 1. The molecule has 2 rings (SSSR count). The van der Waals surface area contributed by atoms with Gasteiger partial charge in [-0.3, -0.25) is 4.79 Å². The monoisotopic (exact) mass is 297 g/mol. The summed E-state index contributed by atoms with van der Waals surface area (Å²) in [5.74, 6) is -0.763. The molecule has 1 aromatic carbocycles. The Hall–Kier alpha value is -1.66. The van der Waals surface area contributed by atoms with Gasteiger partial charge in [0.15, 0.2) is 17.7 Å². The number of hydrogen-bond donors (Lipinski definition) is 1. The van der Waals surface area contributed by atoms with Gasteiger partial charge in [-0.1, -0.05) is 6.07 Å². The van der Waals surface area contributed by atoms with E-state index < -0.39 is 18.0 Å². The minimum absolute atomic E-state index is 0.00788. The third-order valence-electron chi connectivity index (χ3n) is 3.41. The van der Waals surface area contributed by atoms with Crippen LogP contribution < -0.4 is 4.74 Å². The highest BCUT2D eigenvalue weighted by Gasteiger charge is 2.24. The van der Waals surface area contributed by atoms with Gasteiger partial charge in [0, 0.05) is 13.1 Å². The van der Waals surface area contributed by atoms with Gasteiger partial charge < -0.3 is 19.5 Å². The van der Waals surface area contributed by atoms with E-state index >= 15 is 0 Å². The molecule has 1 amide bonds. The summed E-state index contributed by atoms with van der Waals surface area (Å²) in [6.45, 7) is 5.22. The van der Waals surface area contributed by atoms with E-state index in [4.69, 9.17) is 9.47 Å². The zero-order chi connectivity index (χ0) is 15.4. The Morgan fingerprint density at radius 2 is 2.05 bits per heavy atom. The van der Waals surface area contributed by atoms with Crippen LogP contribution in [0.4, 0.5) is 4.39 Å². The third-order valence-corrected chi connectivity index (χ3v) is 3.41. The molecule has 1 aromatic rings. The summed E-state index contributed by atoms with van der Waals surface area (Å²) < 4.78 is 24.5. The lowest BCUT2D eigenvalue weighted by molar-refractivity contribution is -0.142. The molecule has 1 heterocycles. The highest BCUT2D eigenvalue weighted by atomic mass is 19.1. The Morgan fingerprint density at radius 3 is 2.62 bits per heavy atom. The number of carbonyl (C=O) groups excluding carboxylic acids is 1. The van der Waals surface area contributed by atoms with Crippen LogP contribution in [0, 0.1) is 5.82 Å². The molecule has 1 N–H and O–H groups in total. The van der Waals surface area contributed by atoms with Crippen molar-refractivity contribution in [3.05, 3.63) is 29.6 Å². The van der Waals surface area contributed by atoms with Crippen molar-refractivity contribution in [2.45, 2.75) is 26.1 Å². The number of halogens is 1. The maximum atomic E-state index is 13.9. The maximum absolute atomic E-state index is 13.9. The molecule has 0 saturated carbocycles. The standard InChI is InChI=1S/C15H20FNO4/c1-10(18)12-3-4-14(13(16)9-12)21-11(2)15(19)17-5-7-20-8-6-17/h3-4,9-11,18H,5-8H2,1-2H3/t10-,11?/m1/s1. The molecule has 6 heteroatoms. The van der Waals surface area contributed by atoms with E-state index in [1.807, 2.05) is 0 Å². The number of amides is 1. The minimum Gasteiger partial charge on any atom is -0.478 e. The van der Waals surface area contributed by atoms with E-state index in [0.717, 1.165) is 0 Å². The number of rotatable bonds is 4. The predicted molar refractivity (Wildman–Crippen MR) is 74.5 cm³/mol. The first-order chi connectivity index (χ1) is 9.99. The molecule has 1 aliphatic heterocycles. The zero-order valence-electron chi connectivity index (χ0n) is 12.2. The lowest BCUT2D eigenvalue weighted by atomic mass is 10.1. The molecule has 0 radical (unpaired) electrons. The van der Waals surface area contributed by atoms with Crippen LogP contribution in [-0.2, 0) is 9.53 Å². The molecule has 1 fully saturated rings. The molecule has 116 valence electrons. The smallest absolute Gasteiger partial charge is 0.263 e. The summed E-state index contributed by atoms with van der Waals surface area (Å²) in [6, 6.07) is 4.22. The van der Waals surface area contributed by atoms with E-state index in [-0.39, 0.29) is 11.7 Å². The van der Waals surface area contributed by atoms with Gasteiger partial charge in [0.2, 0.25) is 0 Å². The molecule has 1 unspecified atom stereocenters. The number of carbonyl (C=O) groups is 1. The minimum atomic E-state index is -0.769. The summed E-state index contributed by atoms with van der Waals surface area (Å²) in [6.07, 6.45) is -1.52. The van der Waals surface area contributed by atoms with Crippen LogP contribution >= 0.6 is 0 Å². The Kier molecular flexibility index (Phi) is 5.14. The van der Waals surface area contributed by atoms with Crippen LogP contribution in [0.3, 0.4) is 0 Å². The first kappa shape index (κ1) is 15.7. The average molecular weight is 297 g/mol. The summed E-state index contributed by atoms with van der Waals surface area (Å²) in [4.78, 5) is 13.8. The van der Waals surface area contributed by atoms with Crippen molar-refractivity contribution in [2.75, 3.05) is 26.3 Å². The molecule has 21 heavy (non-hydrogen) atoms. The maximum Gasteiger partial charge on any atom is 0.263 e. The fourth-order valence-electron chi connectivity index (χ4n) is 2.15. The van der Waals surface area contributed by atoms with Gasteiger partial charge in [0.25, 0.3) is 5.91 Å². The van der Waals surface area contributed by atoms with E-state index in [9.17, 15) is 14.3 Å². The number of hydrogen-bond acceptors (Lipinski definition) is 4. The molecule has 0 bridgehead atoms. The Bertz CT molecular complexity index is 500. The molecular weight excluding hydrogens is 277 g/mol.